The molecule has 3 heterocycles. The zero-order valence-electron chi connectivity index (χ0n) is 16.9. The number of aromatic nitrogens is 5. The molecule has 4 aromatic rings. The normalized spacial score (nSPS) is 12.2. The van der Waals surface area contributed by atoms with E-state index in [1.54, 1.807) is 26.4 Å². The molecule has 0 radical (unpaired) electrons. The largest absolute Gasteiger partial charge is 0.496 e. The van der Waals surface area contributed by atoms with Crippen molar-refractivity contribution in [2.45, 2.75) is 26.8 Å². The van der Waals surface area contributed by atoms with Gasteiger partial charge in [-0.3, -0.25) is 0 Å². The van der Waals surface area contributed by atoms with Crippen LogP contribution in [0, 0.1) is 19.8 Å². The Labute approximate surface area is 177 Å². The van der Waals surface area contributed by atoms with E-state index in [0.717, 1.165) is 22.3 Å². The van der Waals surface area contributed by atoms with E-state index in [9.17, 15) is 4.39 Å². The second-order valence-corrected chi connectivity index (χ2v) is 7.41. The summed E-state index contributed by atoms with van der Waals surface area (Å²) in [4.78, 5) is 19.5. The Morgan fingerprint density at radius 2 is 1.97 bits per heavy atom. The molecule has 1 atom stereocenters. The molecular weight excluding hydrogens is 407 g/mol. The van der Waals surface area contributed by atoms with Gasteiger partial charge in [0.1, 0.15) is 17.6 Å². The molecular formula is C21H20ClFN6O. The van der Waals surface area contributed by atoms with Crippen LogP contribution in [0.15, 0.2) is 31.0 Å². The highest BCUT2D eigenvalue weighted by Gasteiger charge is 2.22. The monoisotopic (exact) mass is 426 g/mol. The number of aryl methyl sites for hydroxylation is 1. The summed E-state index contributed by atoms with van der Waals surface area (Å²) in [7, 11) is 1.60. The summed E-state index contributed by atoms with van der Waals surface area (Å²) in [6.07, 6.45) is 4.51. The van der Waals surface area contributed by atoms with Gasteiger partial charge in [0, 0.05) is 33.5 Å². The van der Waals surface area contributed by atoms with Crippen molar-refractivity contribution in [1.82, 2.24) is 24.9 Å². The maximum absolute atomic E-state index is 13.7. The number of hydrogen-bond acceptors (Lipinski definition) is 6. The van der Waals surface area contributed by atoms with E-state index in [-0.39, 0.29) is 6.04 Å². The average molecular weight is 427 g/mol. The Balaban J connectivity index is 1.82. The molecule has 0 saturated heterocycles. The quantitative estimate of drug-likeness (QED) is 0.436. The summed E-state index contributed by atoms with van der Waals surface area (Å²) in [5.74, 6) is 0.754. The molecule has 154 valence electrons. The first-order chi connectivity index (χ1) is 14.4. The molecule has 0 bridgehead atoms. The Kier molecular flexibility index (Phi) is 5.26. The number of halogens is 2. The summed E-state index contributed by atoms with van der Waals surface area (Å²) < 4.78 is 19.5. The number of imidazole rings is 1. The molecule has 30 heavy (non-hydrogen) atoms. The lowest BCUT2D eigenvalue weighted by Gasteiger charge is -2.23. The first kappa shape index (κ1) is 20.0. The first-order valence-corrected chi connectivity index (χ1v) is 9.68. The van der Waals surface area contributed by atoms with Crippen LogP contribution in [0.1, 0.15) is 29.7 Å². The van der Waals surface area contributed by atoms with Crippen molar-refractivity contribution in [3.05, 3.63) is 58.6 Å². The van der Waals surface area contributed by atoms with Crippen molar-refractivity contribution >= 4 is 28.6 Å². The molecule has 0 aliphatic heterocycles. The summed E-state index contributed by atoms with van der Waals surface area (Å²) in [6.45, 7) is 5.55. The lowest BCUT2D eigenvalue weighted by Crippen LogP contribution is -2.11. The van der Waals surface area contributed by atoms with Gasteiger partial charge in [0.2, 0.25) is 5.95 Å². The number of hydrogen-bond donors (Lipinski definition) is 2. The average Bonchev–Trinajstić information content (AvgIpc) is 3.21. The number of aromatic amines is 1. The minimum Gasteiger partial charge on any atom is -0.496 e. The van der Waals surface area contributed by atoms with Crippen LogP contribution >= 0.6 is 11.6 Å². The third kappa shape index (κ3) is 3.43. The zero-order valence-corrected chi connectivity index (χ0v) is 17.7. The SMILES string of the molecule is COc1c(C(C)Nc2ncnc3nc[nH]c23)cc(Cl)c(C)c1-c1cnc(F)c(C)c1. The molecule has 4 rings (SSSR count). The lowest BCUT2D eigenvalue weighted by atomic mass is 9.94. The van der Waals surface area contributed by atoms with Crippen molar-refractivity contribution in [2.24, 2.45) is 0 Å². The molecule has 2 N–H and O–H groups in total. The Morgan fingerprint density at radius 1 is 1.17 bits per heavy atom. The molecule has 0 fully saturated rings. The fourth-order valence-electron chi connectivity index (χ4n) is 3.49. The van der Waals surface area contributed by atoms with Crippen LogP contribution in [0.5, 0.6) is 5.75 Å². The molecule has 7 nitrogen and oxygen atoms in total. The minimum atomic E-state index is -0.500. The van der Waals surface area contributed by atoms with Gasteiger partial charge < -0.3 is 15.0 Å². The van der Waals surface area contributed by atoms with Crippen molar-refractivity contribution in [3.63, 3.8) is 0 Å². The number of rotatable bonds is 5. The summed E-state index contributed by atoms with van der Waals surface area (Å²) in [5.41, 5.74) is 4.90. The molecule has 0 amide bonds. The van der Waals surface area contributed by atoms with Crippen molar-refractivity contribution in [2.75, 3.05) is 12.4 Å². The second kappa shape index (κ2) is 7.87. The van der Waals surface area contributed by atoms with Gasteiger partial charge in [-0.05, 0) is 38.5 Å². The molecule has 1 unspecified atom stereocenters. The van der Waals surface area contributed by atoms with Crippen molar-refractivity contribution < 1.29 is 9.13 Å². The van der Waals surface area contributed by atoms with Gasteiger partial charge >= 0.3 is 0 Å². The van der Waals surface area contributed by atoms with Crippen LogP contribution in [-0.4, -0.2) is 32.0 Å². The van der Waals surface area contributed by atoms with Gasteiger partial charge in [0.25, 0.3) is 0 Å². The van der Waals surface area contributed by atoms with E-state index in [1.807, 2.05) is 19.9 Å². The maximum Gasteiger partial charge on any atom is 0.215 e. The second-order valence-electron chi connectivity index (χ2n) is 7.00. The number of fused-ring (bicyclic) bond motifs is 1. The van der Waals surface area contributed by atoms with Gasteiger partial charge in [-0.25, -0.2) is 19.9 Å². The number of benzene rings is 1. The van der Waals surface area contributed by atoms with E-state index in [2.05, 4.69) is 30.2 Å². The number of ether oxygens (including phenoxy) is 1. The summed E-state index contributed by atoms with van der Waals surface area (Å²) >= 11 is 6.57. The Hall–Kier alpha value is -3.26. The van der Waals surface area contributed by atoms with E-state index < -0.39 is 5.95 Å². The summed E-state index contributed by atoms with van der Waals surface area (Å²) in [5, 5.41) is 3.95. The van der Waals surface area contributed by atoms with Gasteiger partial charge in [-0.1, -0.05) is 11.6 Å². The van der Waals surface area contributed by atoms with Gasteiger partial charge in [-0.15, -0.1) is 0 Å². The smallest absolute Gasteiger partial charge is 0.215 e. The van der Waals surface area contributed by atoms with Gasteiger partial charge in [-0.2, -0.15) is 4.39 Å². The standard InChI is InChI=1S/C21H20ClFN6O/c1-10-5-13(7-24-19(10)23)16-11(2)15(22)6-14(18(16)30-4)12(3)29-21-17-20(26-8-25-17)27-9-28-21/h5-9,12H,1-4H3,(H2,25,26,27,28,29). The number of H-pyrrole nitrogens is 1. The van der Waals surface area contributed by atoms with Crippen LogP contribution in [-0.2, 0) is 0 Å². The highest BCUT2D eigenvalue weighted by atomic mass is 35.5. The first-order valence-electron chi connectivity index (χ1n) is 9.30. The van der Waals surface area contributed by atoms with Gasteiger partial charge in [0.15, 0.2) is 11.5 Å². The Morgan fingerprint density at radius 3 is 2.70 bits per heavy atom. The third-order valence-electron chi connectivity index (χ3n) is 5.05. The van der Waals surface area contributed by atoms with E-state index in [4.69, 9.17) is 16.3 Å². The van der Waals surface area contributed by atoms with E-state index in [0.29, 0.717) is 33.3 Å². The molecule has 1 aromatic carbocycles. The predicted octanol–water partition coefficient (Wildman–Crippen LogP) is 5.01. The third-order valence-corrected chi connectivity index (χ3v) is 5.45. The van der Waals surface area contributed by atoms with Crippen LogP contribution in [0.3, 0.4) is 0 Å². The number of nitrogens with zero attached hydrogens (tertiary/aromatic N) is 4. The molecule has 0 aliphatic carbocycles. The van der Waals surface area contributed by atoms with Crippen molar-refractivity contribution in [1.29, 1.82) is 0 Å². The van der Waals surface area contributed by atoms with Crippen LogP contribution in [0.2, 0.25) is 5.02 Å². The molecule has 0 saturated carbocycles. The number of methoxy groups -OCH3 is 1. The van der Waals surface area contributed by atoms with Crippen molar-refractivity contribution in [3.8, 4) is 16.9 Å². The topological polar surface area (TPSA) is 88.6 Å². The summed E-state index contributed by atoms with van der Waals surface area (Å²) in [6, 6.07) is 3.39. The highest BCUT2D eigenvalue weighted by molar-refractivity contribution is 6.32. The fraction of sp³-hybridized carbons (Fsp3) is 0.238. The zero-order chi connectivity index (χ0) is 21.4. The lowest BCUT2D eigenvalue weighted by molar-refractivity contribution is 0.409. The van der Waals surface area contributed by atoms with Crippen LogP contribution in [0.25, 0.3) is 22.3 Å². The predicted molar refractivity (Wildman–Crippen MR) is 114 cm³/mol. The number of pyridine rings is 1. The number of nitrogens with one attached hydrogen (secondary N) is 2. The molecule has 0 spiro atoms. The molecule has 0 aliphatic rings. The van der Waals surface area contributed by atoms with E-state index >= 15 is 0 Å². The minimum absolute atomic E-state index is 0.215. The molecule has 9 heteroatoms. The van der Waals surface area contributed by atoms with Crippen LogP contribution in [0.4, 0.5) is 10.2 Å². The van der Waals surface area contributed by atoms with E-state index in [1.165, 1.54) is 12.5 Å². The van der Waals surface area contributed by atoms with Crippen LogP contribution < -0.4 is 10.1 Å². The highest BCUT2D eigenvalue weighted by Crippen LogP contribution is 2.43. The van der Waals surface area contributed by atoms with Gasteiger partial charge in [0.05, 0.1) is 19.5 Å². The maximum atomic E-state index is 13.7. The Bertz CT molecular complexity index is 1240. The number of anilines is 1. The fourth-order valence-corrected chi connectivity index (χ4v) is 3.70. The molecule has 3 aromatic heterocycles.